The number of nitrogens with zero attached hydrogens (tertiary/aromatic N) is 2. The molecule has 2 amide bonds. The van der Waals surface area contributed by atoms with Crippen molar-refractivity contribution in [2.45, 2.75) is 33.2 Å². The van der Waals surface area contributed by atoms with Crippen molar-refractivity contribution >= 4 is 6.03 Å². The van der Waals surface area contributed by atoms with Gasteiger partial charge in [0.1, 0.15) is 0 Å². The van der Waals surface area contributed by atoms with Crippen LogP contribution in [0.1, 0.15) is 27.2 Å². The Balaban J connectivity index is 2.64. The zero-order valence-corrected chi connectivity index (χ0v) is 10.2. The van der Waals surface area contributed by atoms with E-state index in [4.69, 9.17) is 5.11 Å². The highest BCUT2D eigenvalue weighted by Crippen LogP contribution is 2.29. The number of urea groups is 1. The molecule has 0 radical (unpaired) electrons. The van der Waals surface area contributed by atoms with Crippen molar-refractivity contribution in [3.8, 4) is 0 Å². The van der Waals surface area contributed by atoms with E-state index in [-0.39, 0.29) is 24.1 Å². The van der Waals surface area contributed by atoms with Crippen LogP contribution >= 0.6 is 0 Å². The second kappa shape index (κ2) is 4.39. The number of hydrogen-bond donors (Lipinski definition) is 1. The van der Waals surface area contributed by atoms with Gasteiger partial charge in [0.15, 0.2) is 0 Å². The van der Waals surface area contributed by atoms with Crippen LogP contribution in [0.2, 0.25) is 0 Å². The van der Waals surface area contributed by atoms with Crippen molar-refractivity contribution in [1.82, 2.24) is 9.80 Å². The first-order chi connectivity index (χ1) is 6.88. The summed E-state index contributed by atoms with van der Waals surface area (Å²) in [6.07, 6.45) is 0.663. The molecule has 1 rings (SSSR count). The summed E-state index contributed by atoms with van der Waals surface area (Å²) in [6, 6.07) is 0.354. The quantitative estimate of drug-likeness (QED) is 0.766. The molecule has 1 aliphatic rings. The molecular weight excluding hydrogens is 192 g/mol. The molecule has 1 saturated heterocycles. The fourth-order valence-electron chi connectivity index (χ4n) is 2.07. The van der Waals surface area contributed by atoms with Gasteiger partial charge in [-0.2, -0.15) is 0 Å². The molecule has 0 bridgehead atoms. The molecule has 88 valence electrons. The third kappa shape index (κ3) is 2.62. The van der Waals surface area contributed by atoms with Crippen LogP contribution in [0, 0.1) is 5.41 Å². The zero-order valence-electron chi connectivity index (χ0n) is 10.2. The predicted octanol–water partition coefficient (Wildman–Crippen LogP) is 1.15. The predicted molar refractivity (Wildman–Crippen MR) is 59.7 cm³/mol. The topological polar surface area (TPSA) is 43.8 Å². The molecule has 0 aliphatic carbocycles. The van der Waals surface area contributed by atoms with Crippen LogP contribution < -0.4 is 0 Å². The van der Waals surface area contributed by atoms with Crippen molar-refractivity contribution in [2.24, 2.45) is 5.41 Å². The Labute approximate surface area is 91.9 Å². The van der Waals surface area contributed by atoms with E-state index in [2.05, 4.69) is 20.8 Å². The highest BCUT2D eigenvalue weighted by Gasteiger charge is 2.40. The van der Waals surface area contributed by atoms with Gasteiger partial charge in [0.05, 0.1) is 6.04 Å². The van der Waals surface area contributed by atoms with Gasteiger partial charge in [0, 0.05) is 26.7 Å². The van der Waals surface area contributed by atoms with E-state index in [1.807, 2.05) is 16.8 Å². The maximum absolute atomic E-state index is 11.8. The highest BCUT2D eigenvalue weighted by atomic mass is 16.3. The molecule has 1 aliphatic heterocycles. The molecule has 0 aromatic heterocycles. The average molecular weight is 214 g/mol. The normalized spacial score (nSPS) is 22.7. The van der Waals surface area contributed by atoms with E-state index < -0.39 is 0 Å². The lowest BCUT2D eigenvalue weighted by Gasteiger charge is -2.30. The van der Waals surface area contributed by atoms with Crippen LogP contribution in [0.15, 0.2) is 0 Å². The molecule has 4 nitrogen and oxygen atoms in total. The molecular formula is C11H22N2O2. The van der Waals surface area contributed by atoms with Gasteiger partial charge in [-0.3, -0.25) is 0 Å². The van der Waals surface area contributed by atoms with Gasteiger partial charge < -0.3 is 14.9 Å². The zero-order chi connectivity index (χ0) is 11.6. The van der Waals surface area contributed by atoms with Crippen molar-refractivity contribution in [1.29, 1.82) is 0 Å². The fraction of sp³-hybridized carbons (Fsp3) is 0.909. The van der Waals surface area contributed by atoms with Gasteiger partial charge >= 0.3 is 6.03 Å². The Kier molecular flexibility index (Phi) is 3.60. The first-order valence-corrected chi connectivity index (χ1v) is 5.50. The van der Waals surface area contributed by atoms with Crippen LogP contribution in [-0.2, 0) is 0 Å². The van der Waals surface area contributed by atoms with Gasteiger partial charge in [-0.25, -0.2) is 4.79 Å². The summed E-state index contributed by atoms with van der Waals surface area (Å²) in [5.41, 5.74) is 0.109. The first-order valence-electron chi connectivity index (χ1n) is 5.50. The summed E-state index contributed by atoms with van der Waals surface area (Å²) >= 11 is 0. The Bertz CT molecular complexity index is 235. The molecule has 1 heterocycles. The van der Waals surface area contributed by atoms with Crippen LogP contribution in [0.25, 0.3) is 0 Å². The first kappa shape index (κ1) is 12.3. The van der Waals surface area contributed by atoms with E-state index in [9.17, 15) is 4.79 Å². The van der Waals surface area contributed by atoms with Crippen molar-refractivity contribution in [3.05, 3.63) is 0 Å². The van der Waals surface area contributed by atoms with Crippen LogP contribution in [-0.4, -0.2) is 53.7 Å². The second-order valence-electron chi connectivity index (χ2n) is 5.30. The van der Waals surface area contributed by atoms with E-state index in [0.717, 1.165) is 6.54 Å². The number of aliphatic hydroxyl groups excluding tert-OH is 1. The van der Waals surface area contributed by atoms with E-state index >= 15 is 0 Å². The average Bonchev–Trinajstić information content (AvgIpc) is 2.41. The van der Waals surface area contributed by atoms with Crippen molar-refractivity contribution < 1.29 is 9.90 Å². The second-order valence-corrected chi connectivity index (χ2v) is 5.30. The monoisotopic (exact) mass is 214 g/mol. The third-order valence-corrected chi connectivity index (χ3v) is 3.02. The van der Waals surface area contributed by atoms with Crippen LogP contribution in [0.4, 0.5) is 4.79 Å². The Morgan fingerprint density at radius 2 is 2.07 bits per heavy atom. The molecule has 0 saturated carbocycles. The molecule has 0 spiro atoms. The summed E-state index contributed by atoms with van der Waals surface area (Å²) in [5.74, 6) is 0. The molecule has 1 fully saturated rings. The lowest BCUT2D eigenvalue weighted by Crippen LogP contribution is -2.39. The van der Waals surface area contributed by atoms with Gasteiger partial charge in [-0.15, -0.1) is 0 Å². The third-order valence-electron chi connectivity index (χ3n) is 3.02. The SMILES string of the molecule is CN1C(=O)N(CCCO)CC1C(C)(C)C. The summed E-state index contributed by atoms with van der Waals surface area (Å²) in [7, 11) is 1.86. The Morgan fingerprint density at radius 1 is 1.47 bits per heavy atom. The Hall–Kier alpha value is -0.770. The number of rotatable bonds is 3. The van der Waals surface area contributed by atoms with E-state index in [0.29, 0.717) is 13.0 Å². The lowest BCUT2D eigenvalue weighted by molar-refractivity contribution is 0.172. The number of aliphatic hydroxyl groups is 1. The number of carbonyl (C=O) groups is 1. The number of likely N-dealkylation sites (N-methyl/N-ethyl adjacent to an activating group) is 1. The van der Waals surface area contributed by atoms with E-state index in [1.54, 1.807) is 0 Å². The summed E-state index contributed by atoms with van der Waals surface area (Å²) < 4.78 is 0. The number of carbonyl (C=O) groups excluding carboxylic acids is 1. The van der Waals surface area contributed by atoms with Crippen LogP contribution in [0.3, 0.4) is 0 Å². The van der Waals surface area contributed by atoms with Gasteiger partial charge in [0.25, 0.3) is 0 Å². The minimum absolute atomic E-state index is 0.0865. The van der Waals surface area contributed by atoms with Crippen LogP contribution in [0.5, 0.6) is 0 Å². The fourth-order valence-corrected chi connectivity index (χ4v) is 2.07. The van der Waals surface area contributed by atoms with Crippen molar-refractivity contribution in [2.75, 3.05) is 26.7 Å². The molecule has 1 atom stereocenters. The lowest BCUT2D eigenvalue weighted by atomic mass is 9.86. The maximum Gasteiger partial charge on any atom is 0.320 e. The highest BCUT2D eigenvalue weighted by molar-refractivity contribution is 5.77. The van der Waals surface area contributed by atoms with Crippen molar-refractivity contribution in [3.63, 3.8) is 0 Å². The molecule has 4 heteroatoms. The minimum Gasteiger partial charge on any atom is -0.396 e. The number of amides is 2. The van der Waals surface area contributed by atoms with Gasteiger partial charge in [0.2, 0.25) is 0 Å². The molecule has 0 aromatic rings. The molecule has 1 N–H and O–H groups in total. The maximum atomic E-state index is 11.8. The largest absolute Gasteiger partial charge is 0.396 e. The van der Waals surface area contributed by atoms with Gasteiger partial charge in [-0.05, 0) is 11.8 Å². The summed E-state index contributed by atoms with van der Waals surface area (Å²) in [4.78, 5) is 15.5. The minimum atomic E-state index is 0.0865. The van der Waals surface area contributed by atoms with E-state index in [1.165, 1.54) is 0 Å². The summed E-state index contributed by atoms with van der Waals surface area (Å²) in [6.45, 7) is 8.03. The standard InChI is InChI=1S/C11H22N2O2/c1-11(2,3)9-8-13(6-5-7-14)10(15)12(9)4/h9,14H,5-8H2,1-4H3. The smallest absolute Gasteiger partial charge is 0.320 e. The molecule has 1 unspecified atom stereocenters. The number of hydrogen-bond acceptors (Lipinski definition) is 2. The Morgan fingerprint density at radius 3 is 2.47 bits per heavy atom. The molecule has 0 aromatic carbocycles. The molecule has 15 heavy (non-hydrogen) atoms. The van der Waals surface area contributed by atoms with Gasteiger partial charge in [-0.1, -0.05) is 20.8 Å². The summed E-state index contributed by atoms with van der Waals surface area (Å²) in [5, 5.41) is 8.75.